The molecule has 6 fully saturated rings. The molecule has 4 N–H and O–H groups in total. The summed E-state index contributed by atoms with van der Waals surface area (Å²) >= 11 is 0. The molecule has 7 rings (SSSR count). The molecule has 2 saturated heterocycles. The highest BCUT2D eigenvalue weighted by molar-refractivity contribution is 5.76. The molecular formula is C27H34O10. The summed E-state index contributed by atoms with van der Waals surface area (Å²) in [5, 5.41) is 48.7. The van der Waals surface area contributed by atoms with Crippen LogP contribution in [0.1, 0.15) is 58.1 Å². The average molecular weight is 519 g/mol. The molecule has 0 aromatic carbocycles. The zero-order chi connectivity index (χ0) is 26.6. The number of esters is 2. The van der Waals surface area contributed by atoms with Gasteiger partial charge < -0.3 is 39.1 Å². The number of furan rings is 1. The molecule has 3 heterocycles. The standard InChI is InChI=1S/C27H34O10/c1-22-11-25(32)18-16(19(22)30)37-26-9-14(28)36-20(12-6-8-35-10-12)23(26,2)7-5-13(27(18,26)33)24(25,3)17(22)15(29)21(31)34-4/h6,8,10,13,15-20,29-30,32-33H,5,7,9,11H2,1-4H3/t13?,15-,16+,17-,18?,19+,20-,22+,23+,24+,25-,26+,27-/m0/s1. The van der Waals surface area contributed by atoms with Crippen LogP contribution in [-0.4, -0.2) is 74.6 Å². The predicted octanol–water partition coefficient (Wildman–Crippen LogP) is 0.854. The Labute approximate surface area is 213 Å². The van der Waals surface area contributed by atoms with Crippen LogP contribution in [-0.2, 0) is 23.8 Å². The molecule has 2 bridgehead atoms. The van der Waals surface area contributed by atoms with Gasteiger partial charge in [0, 0.05) is 33.6 Å². The predicted molar refractivity (Wildman–Crippen MR) is 122 cm³/mol. The fourth-order valence-electron chi connectivity index (χ4n) is 11.0. The monoisotopic (exact) mass is 518 g/mol. The lowest BCUT2D eigenvalue weighted by Crippen LogP contribution is -2.72. The summed E-state index contributed by atoms with van der Waals surface area (Å²) in [6, 6.07) is 1.72. The van der Waals surface area contributed by atoms with E-state index < -0.39 is 87.2 Å². The molecule has 1 aromatic rings. The summed E-state index contributed by atoms with van der Waals surface area (Å²) in [5.74, 6) is -3.86. The fourth-order valence-corrected chi connectivity index (χ4v) is 11.0. The third-order valence-electron chi connectivity index (χ3n) is 12.2. The fraction of sp³-hybridized carbons (Fsp3) is 0.778. The first-order valence-corrected chi connectivity index (χ1v) is 13.1. The Hall–Kier alpha value is -1.98. The molecule has 1 aromatic heterocycles. The van der Waals surface area contributed by atoms with Crippen LogP contribution in [0.2, 0.25) is 0 Å². The molecule has 4 saturated carbocycles. The number of carbonyl (C=O) groups excluding carboxylic acids is 2. The van der Waals surface area contributed by atoms with Crippen LogP contribution in [0.5, 0.6) is 0 Å². The lowest BCUT2D eigenvalue weighted by molar-refractivity contribution is -0.298. The van der Waals surface area contributed by atoms with Crippen molar-refractivity contribution < 1.29 is 48.6 Å². The van der Waals surface area contributed by atoms with E-state index in [1.54, 1.807) is 13.0 Å². The Morgan fingerprint density at radius 1 is 1.24 bits per heavy atom. The lowest BCUT2D eigenvalue weighted by Gasteiger charge is -2.63. The van der Waals surface area contributed by atoms with Crippen LogP contribution >= 0.6 is 0 Å². The van der Waals surface area contributed by atoms with Gasteiger partial charge in [0.15, 0.2) is 6.10 Å². The highest BCUT2D eigenvalue weighted by Crippen LogP contribution is 2.85. The van der Waals surface area contributed by atoms with Gasteiger partial charge in [-0.2, -0.15) is 0 Å². The van der Waals surface area contributed by atoms with E-state index in [4.69, 9.17) is 18.6 Å². The summed E-state index contributed by atoms with van der Waals surface area (Å²) in [4.78, 5) is 25.9. The third kappa shape index (κ3) is 2.13. The highest BCUT2D eigenvalue weighted by atomic mass is 16.6. The number of hydrogen-bond acceptors (Lipinski definition) is 10. The summed E-state index contributed by atoms with van der Waals surface area (Å²) in [6.45, 7) is 5.51. The Morgan fingerprint density at radius 2 is 1.97 bits per heavy atom. The van der Waals surface area contributed by atoms with Gasteiger partial charge in [-0.3, -0.25) is 4.79 Å². The van der Waals surface area contributed by atoms with Crippen LogP contribution in [0, 0.1) is 34.0 Å². The van der Waals surface area contributed by atoms with Crippen LogP contribution in [0.3, 0.4) is 0 Å². The maximum atomic E-state index is 13.2. The summed E-state index contributed by atoms with van der Waals surface area (Å²) in [5.41, 5.74) is -7.31. The van der Waals surface area contributed by atoms with E-state index in [9.17, 15) is 30.0 Å². The maximum absolute atomic E-state index is 13.2. The van der Waals surface area contributed by atoms with E-state index in [0.29, 0.717) is 18.4 Å². The molecule has 0 radical (unpaired) electrons. The van der Waals surface area contributed by atoms with Crippen LogP contribution in [0.15, 0.2) is 23.0 Å². The zero-order valence-corrected chi connectivity index (χ0v) is 21.3. The van der Waals surface area contributed by atoms with E-state index in [0.717, 1.165) is 0 Å². The van der Waals surface area contributed by atoms with Crippen molar-refractivity contribution in [2.45, 2.75) is 87.7 Å². The molecule has 1 spiro atoms. The second-order valence-electron chi connectivity index (χ2n) is 13.1. The van der Waals surface area contributed by atoms with Gasteiger partial charge in [0.25, 0.3) is 0 Å². The second kappa shape index (κ2) is 6.59. The number of methoxy groups -OCH3 is 1. The number of cyclic esters (lactones) is 1. The van der Waals surface area contributed by atoms with Gasteiger partial charge >= 0.3 is 11.9 Å². The van der Waals surface area contributed by atoms with Gasteiger partial charge in [0.1, 0.15) is 17.3 Å². The van der Waals surface area contributed by atoms with Gasteiger partial charge in [-0.15, -0.1) is 0 Å². The minimum atomic E-state index is -1.73. The number of ether oxygens (including phenoxy) is 3. The number of rotatable bonds is 3. The summed E-state index contributed by atoms with van der Waals surface area (Å²) in [7, 11) is 1.19. The first kappa shape index (κ1) is 24.1. The molecule has 2 unspecified atom stereocenters. The van der Waals surface area contributed by atoms with Crippen molar-refractivity contribution >= 4 is 11.9 Å². The number of fused-ring (bicyclic) bond motifs is 2. The minimum Gasteiger partial charge on any atom is -0.472 e. The Kier molecular flexibility index (Phi) is 4.29. The molecule has 6 aliphatic rings. The number of aliphatic hydroxyl groups excluding tert-OH is 2. The molecule has 4 aliphatic carbocycles. The average Bonchev–Trinajstić information content (AvgIpc) is 3.52. The van der Waals surface area contributed by atoms with E-state index in [1.165, 1.54) is 19.6 Å². The largest absolute Gasteiger partial charge is 0.472 e. The molecule has 37 heavy (non-hydrogen) atoms. The van der Waals surface area contributed by atoms with Crippen molar-refractivity contribution in [2.24, 2.45) is 34.0 Å². The second-order valence-corrected chi connectivity index (χ2v) is 13.1. The van der Waals surface area contributed by atoms with Crippen molar-refractivity contribution in [3.63, 3.8) is 0 Å². The Bertz CT molecular complexity index is 1200. The molecular weight excluding hydrogens is 484 g/mol. The van der Waals surface area contributed by atoms with Crippen molar-refractivity contribution in [2.75, 3.05) is 7.11 Å². The first-order chi connectivity index (χ1) is 17.3. The van der Waals surface area contributed by atoms with E-state index >= 15 is 0 Å². The SMILES string of the molecule is COC(=O)[C@@H](O)[C@H]1[C@@]2(C)C[C@]3(O)C4[C@@H](O[C@]56CC(=O)O[C@@H](c7ccoc7)[C@@]5(C)CCC([C@]46O)[C@]13C)[C@H]2O. The highest BCUT2D eigenvalue weighted by Gasteiger charge is 2.95. The molecule has 10 heteroatoms. The van der Waals surface area contributed by atoms with Crippen molar-refractivity contribution in [3.8, 4) is 0 Å². The maximum Gasteiger partial charge on any atom is 0.335 e. The lowest BCUT2D eigenvalue weighted by atomic mass is 9.45. The van der Waals surface area contributed by atoms with Crippen molar-refractivity contribution in [1.82, 2.24) is 0 Å². The number of aliphatic hydroxyl groups is 4. The zero-order valence-electron chi connectivity index (χ0n) is 21.3. The van der Waals surface area contributed by atoms with Crippen LogP contribution in [0.25, 0.3) is 0 Å². The third-order valence-corrected chi connectivity index (χ3v) is 12.2. The smallest absolute Gasteiger partial charge is 0.335 e. The van der Waals surface area contributed by atoms with Crippen molar-refractivity contribution in [1.29, 1.82) is 0 Å². The molecule has 202 valence electrons. The van der Waals surface area contributed by atoms with Crippen LogP contribution < -0.4 is 0 Å². The molecule has 13 atom stereocenters. The summed E-state index contributed by atoms with van der Waals surface area (Å²) in [6.07, 6.45) is -0.866. The van der Waals surface area contributed by atoms with Gasteiger partial charge in [-0.1, -0.05) is 20.8 Å². The number of hydrogen-bond donors (Lipinski definition) is 4. The van der Waals surface area contributed by atoms with Gasteiger partial charge in [-0.25, -0.2) is 4.79 Å². The van der Waals surface area contributed by atoms with E-state index in [-0.39, 0.29) is 12.8 Å². The minimum absolute atomic E-state index is 0.0716. The molecule has 2 aliphatic heterocycles. The quantitative estimate of drug-likeness (QED) is 0.423. The first-order valence-electron chi connectivity index (χ1n) is 13.1. The number of carbonyl (C=O) groups is 2. The van der Waals surface area contributed by atoms with Crippen LogP contribution in [0.4, 0.5) is 0 Å². The Balaban J connectivity index is 1.49. The molecule has 0 amide bonds. The topological polar surface area (TPSA) is 156 Å². The van der Waals surface area contributed by atoms with Crippen molar-refractivity contribution in [3.05, 3.63) is 24.2 Å². The Morgan fingerprint density at radius 3 is 2.62 bits per heavy atom. The molecule has 10 nitrogen and oxygen atoms in total. The van der Waals surface area contributed by atoms with Gasteiger partial charge in [0.2, 0.25) is 0 Å². The van der Waals surface area contributed by atoms with E-state index in [2.05, 4.69) is 0 Å². The summed E-state index contributed by atoms with van der Waals surface area (Å²) < 4.78 is 22.8. The van der Waals surface area contributed by atoms with Gasteiger partial charge in [0.05, 0.1) is 43.9 Å². The van der Waals surface area contributed by atoms with Gasteiger partial charge in [-0.05, 0) is 31.2 Å². The van der Waals surface area contributed by atoms with E-state index in [1.807, 2.05) is 13.8 Å². The normalized spacial score (nSPS) is 57.6.